The predicted molar refractivity (Wildman–Crippen MR) is 159 cm³/mol. The summed E-state index contributed by atoms with van der Waals surface area (Å²) in [5, 5.41) is 13.7. The third-order valence-electron chi connectivity index (χ3n) is 7.59. The van der Waals surface area contributed by atoms with E-state index in [9.17, 15) is 36.3 Å². The number of nitrogens with zero attached hydrogens (tertiary/aromatic N) is 2. The van der Waals surface area contributed by atoms with Crippen LogP contribution in [0, 0.1) is 0 Å². The SMILES string of the molecule is CCS(=O)(=O)c1ccc(C(CO)NC(=O)c2ccc(N3C[C@H](Oc4ccc(C(F)(F)F)cc4)C[C@H]3C(=O)N(C)OC)cc2)cc1. The minimum Gasteiger partial charge on any atom is -0.488 e. The second kappa shape index (κ2) is 13.9. The van der Waals surface area contributed by atoms with Crippen LogP contribution in [0.15, 0.2) is 77.7 Å². The fourth-order valence-electron chi connectivity index (χ4n) is 4.97. The first kappa shape index (κ1) is 33.7. The number of amides is 2. The summed E-state index contributed by atoms with van der Waals surface area (Å²) in [6.45, 7) is 1.35. The molecule has 1 aliphatic heterocycles. The van der Waals surface area contributed by atoms with E-state index in [-0.39, 0.29) is 40.8 Å². The number of hydroxylamine groups is 2. The van der Waals surface area contributed by atoms with Gasteiger partial charge in [0.15, 0.2) is 9.84 Å². The molecule has 1 fully saturated rings. The van der Waals surface area contributed by atoms with Gasteiger partial charge in [0, 0.05) is 24.7 Å². The molecule has 0 saturated carbocycles. The second-order valence-corrected chi connectivity index (χ2v) is 12.7. The highest BCUT2D eigenvalue weighted by molar-refractivity contribution is 7.91. The number of aliphatic hydroxyl groups excluding tert-OH is 1. The molecule has 1 saturated heterocycles. The minimum absolute atomic E-state index is 0.0508. The van der Waals surface area contributed by atoms with E-state index in [0.29, 0.717) is 11.3 Å². The van der Waals surface area contributed by atoms with Crippen LogP contribution in [-0.4, -0.2) is 75.6 Å². The number of hydrogen-bond donors (Lipinski definition) is 2. The summed E-state index contributed by atoms with van der Waals surface area (Å²) in [4.78, 5) is 33.2. The molecule has 10 nitrogen and oxygen atoms in total. The average molecular weight is 650 g/mol. The lowest BCUT2D eigenvalue weighted by atomic mass is 10.1. The number of benzene rings is 3. The quantitative estimate of drug-likeness (QED) is 0.299. The fourth-order valence-corrected chi connectivity index (χ4v) is 5.86. The highest BCUT2D eigenvalue weighted by atomic mass is 32.2. The fraction of sp³-hybridized carbons (Fsp3) is 0.355. The number of carbonyl (C=O) groups excluding carboxylic acids is 2. The van der Waals surface area contributed by atoms with E-state index in [1.54, 1.807) is 36.1 Å². The van der Waals surface area contributed by atoms with Crippen molar-refractivity contribution in [3.05, 3.63) is 89.5 Å². The third kappa shape index (κ3) is 7.93. The average Bonchev–Trinajstić information content (AvgIpc) is 3.46. The van der Waals surface area contributed by atoms with Gasteiger partial charge < -0.3 is 20.1 Å². The number of likely N-dealkylation sites (N-methyl/N-ethyl adjacent to an activating group) is 1. The molecule has 1 aliphatic rings. The predicted octanol–water partition coefficient (Wildman–Crippen LogP) is 4.01. The van der Waals surface area contributed by atoms with E-state index >= 15 is 0 Å². The zero-order valence-corrected chi connectivity index (χ0v) is 25.6. The first-order valence-electron chi connectivity index (χ1n) is 14.0. The Balaban J connectivity index is 1.48. The van der Waals surface area contributed by atoms with Crippen LogP contribution >= 0.6 is 0 Å². The van der Waals surface area contributed by atoms with E-state index in [1.807, 2.05) is 0 Å². The van der Waals surface area contributed by atoms with Crippen LogP contribution < -0.4 is 15.0 Å². The van der Waals surface area contributed by atoms with Crippen molar-refractivity contribution in [1.29, 1.82) is 0 Å². The lowest BCUT2D eigenvalue weighted by Gasteiger charge is -2.28. The number of halogens is 3. The number of carbonyl (C=O) groups is 2. The first-order valence-corrected chi connectivity index (χ1v) is 15.7. The summed E-state index contributed by atoms with van der Waals surface area (Å²) in [6, 6.07) is 15.2. The van der Waals surface area contributed by atoms with Crippen molar-refractivity contribution in [2.24, 2.45) is 0 Å². The largest absolute Gasteiger partial charge is 0.488 e. The van der Waals surface area contributed by atoms with Gasteiger partial charge in [-0.05, 0) is 66.2 Å². The highest BCUT2D eigenvalue weighted by Crippen LogP contribution is 2.33. The van der Waals surface area contributed by atoms with Gasteiger partial charge in [-0.2, -0.15) is 13.2 Å². The van der Waals surface area contributed by atoms with Crippen molar-refractivity contribution in [2.75, 3.05) is 38.0 Å². The molecule has 14 heteroatoms. The topological polar surface area (TPSA) is 125 Å². The molecule has 4 rings (SSSR count). The lowest BCUT2D eigenvalue weighted by Crippen LogP contribution is -2.43. The Labute approximate surface area is 259 Å². The minimum atomic E-state index is -4.47. The number of nitrogens with one attached hydrogen (secondary N) is 1. The number of hydrogen-bond acceptors (Lipinski definition) is 8. The number of alkyl halides is 3. The molecular formula is C31H34F3N3O7S. The van der Waals surface area contributed by atoms with Crippen molar-refractivity contribution in [3.8, 4) is 5.75 Å². The van der Waals surface area contributed by atoms with Gasteiger partial charge in [-0.15, -0.1) is 0 Å². The number of sulfone groups is 1. The van der Waals surface area contributed by atoms with Crippen LogP contribution in [0.3, 0.4) is 0 Å². The van der Waals surface area contributed by atoms with Crippen LogP contribution in [-0.2, 0) is 25.6 Å². The van der Waals surface area contributed by atoms with Crippen molar-refractivity contribution in [3.63, 3.8) is 0 Å². The molecule has 1 heterocycles. The molecule has 2 amide bonds. The van der Waals surface area contributed by atoms with Crippen LogP contribution in [0.25, 0.3) is 0 Å². The second-order valence-electron chi connectivity index (χ2n) is 10.4. The van der Waals surface area contributed by atoms with E-state index in [2.05, 4.69) is 5.32 Å². The van der Waals surface area contributed by atoms with E-state index < -0.39 is 52.3 Å². The summed E-state index contributed by atoms with van der Waals surface area (Å²) >= 11 is 0. The summed E-state index contributed by atoms with van der Waals surface area (Å²) in [5.41, 5.74) is 0.597. The molecule has 3 atom stereocenters. The van der Waals surface area contributed by atoms with Gasteiger partial charge in [-0.3, -0.25) is 14.4 Å². The van der Waals surface area contributed by atoms with Crippen molar-refractivity contribution in [1.82, 2.24) is 10.4 Å². The van der Waals surface area contributed by atoms with Gasteiger partial charge in [0.05, 0.1) is 42.5 Å². The molecule has 0 aromatic heterocycles. The van der Waals surface area contributed by atoms with Gasteiger partial charge in [0.25, 0.3) is 11.8 Å². The highest BCUT2D eigenvalue weighted by Gasteiger charge is 2.40. The zero-order chi connectivity index (χ0) is 32.9. The summed E-state index contributed by atoms with van der Waals surface area (Å²) in [5.74, 6) is -0.665. The molecule has 2 N–H and O–H groups in total. The van der Waals surface area contributed by atoms with E-state index in [4.69, 9.17) is 9.57 Å². The monoisotopic (exact) mass is 649 g/mol. The van der Waals surface area contributed by atoms with E-state index in [0.717, 1.165) is 17.2 Å². The summed E-state index contributed by atoms with van der Waals surface area (Å²) in [7, 11) is -0.583. The molecular weight excluding hydrogens is 615 g/mol. The van der Waals surface area contributed by atoms with Gasteiger partial charge >= 0.3 is 6.18 Å². The molecule has 45 heavy (non-hydrogen) atoms. The smallest absolute Gasteiger partial charge is 0.416 e. The Bertz CT molecular complexity index is 1580. The van der Waals surface area contributed by atoms with Crippen LogP contribution in [0.5, 0.6) is 5.75 Å². The molecule has 0 aliphatic carbocycles. The molecule has 0 spiro atoms. The van der Waals surface area contributed by atoms with Crippen LogP contribution in [0.4, 0.5) is 18.9 Å². The van der Waals surface area contributed by atoms with Crippen molar-refractivity contribution in [2.45, 2.75) is 42.6 Å². The molecule has 0 bridgehead atoms. The van der Waals surface area contributed by atoms with Crippen molar-refractivity contribution < 1.29 is 45.9 Å². The summed E-state index contributed by atoms with van der Waals surface area (Å²) < 4.78 is 69.0. The molecule has 3 aromatic carbocycles. The Kier molecular flexibility index (Phi) is 10.4. The zero-order valence-electron chi connectivity index (χ0n) is 24.8. The Morgan fingerprint density at radius 2 is 1.67 bits per heavy atom. The molecule has 0 radical (unpaired) electrons. The van der Waals surface area contributed by atoms with Gasteiger partial charge in [-0.1, -0.05) is 19.1 Å². The Morgan fingerprint density at radius 1 is 1.04 bits per heavy atom. The Morgan fingerprint density at radius 3 is 2.20 bits per heavy atom. The van der Waals surface area contributed by atoms with Crippen LogP contribution in [0.1, 0.15) is 40.9 Å². The molecule has 1 unspecified atom stereocenters. The van der Waals surface area contributed by atoms with Crippen molar-refractivity contribution >= 4 is 27.3 Å². The number of rotatable bonds is 11. The number of anilines is 1. The summed E-state index contributed by atoms with van der Waals surface area (Å²) in [6.07, 6.45) is -4.78. The maximum Gasteiger partial charge on any atom is 0.416 e. The Hall–Kier alpha value is -4.14. The van der Waals surface area contributed by atoms with Gasteiger partial charge in [-0.25, -0.2) is 13.5 Å². The van der Waals surface area contributed by atoms with E-state index in [1.165, 1.54) is 50.6 Å². The lowest BCUT2D eigenvalue weighted by molar-refractivity contribution is -0.170. The number of ether oxygens (including phenoxy) is 1. The normalized spacial score (nSPS) is 17.5. The maximum absolute atomic E-state index is 13.1. The van der Waals surface area contributed by atoms with Crippen LogP contribution in [0.2, 0.25) is 0 Å². The van der Waals surface area contributed by atoms with Gasteiger partial charge in [0.2, 0.25) is 0 Å². The first-order chi connectivity index (χ1) is 21.3. The maximum atomic E-state index is 13.1. The molecule has 242 valence electrons. The number of aliphatic hydroxyl groups is 1. The third-order valence-corrected chi connectivity index (χ3v) is 9.34. The van der Waals surface area contributed by atoms with Gasteiger partial charge in [0.1, 0.15) is 17.9 Å². The standard InChI is InChI=1S/C31H34F3N3O7S/c1-4-45(41,42)26-15-7-20(8-16-26)27(19-38)35-29(39)21-5-11-23(12-6-21)37-18-25(17-28(37)30(40)36(2)43-3)44-24-13-9-22(10-14-24)31(32,33)34/h5-16,25,27-28,38H,4,17-19H2,1-3H3,(H,35,39)/t25-,27?,28+/m1/s1. The molecule has 3 aromatic rings.